The van der Waals surface area contributed by atoms with Crippen LogP contribution in [0.2, 0.25) is 0 Å². The van der Waals surface area contributed by atoms with E-state index in [0.717, 1.165) is 6.07 Å². The molecular weight excluding hydrogens is 307 g/mol. The van der Waals surface area contributed by atoms with Gasteiger partial charge in [0.2, 0.25) is 0 Å². The summed E-state index contributed by atoms with van der Waals surface area (Å²) in [4.78, 5) is 3.75. The zero-order chi connectivity index (χ0) is 15.7. The van der Waals surface area contributed by atoms with Gasteiger partial charge in [0, 0.05) is 24.5 Å². The zero-order valence-corrected chi connectivity index (χ0v) is 12.5. The number of pyridine rings is 1. The molecule has 2 aromatic rings. The van der Waals surface area contributed by atoms with Crippen molar-refractivity contribution in [3.8, 4) is 0 Å². The summed E-state index contributed by atoms with van der Waals surface area (Å²) in [5.41, 5.74) is 3.97. The molecule has 0 aliphatic carbocycles. The first-order valence-electron chi connectivity index (χ1n) is 6.61. The summed E-state index contributed by atoms with van der Waals surface area (Å²) in [6.07, 6.45) is 3.10. The van der Waals surface area contributed by atoms with E-state index in [2.05, 4.69) is 14.8 Å². The number of nitrogens with one attached hydrogen (secondary N) is 1. The van der Waals surface area contributed by atoms with Crippen LogP contribution in [0.3, 0.4) is 0 Å². The maximum Gasteiger partial charge on any atom is 0.286 e. The highest BCUT2D eigenvalue weighted by molar-refractivity contribution is 7.90. The van der Waals surface area contributed by atoms with Crippen LogP contribution in [0.5, 0.6) is 0 Å². The number of amidine groups is 1. The number of anilines is 1. The lowest BCUT2D eigenvalue weighted by Gasteiger charge is -2.30. The number of hydrogen-bond donors (Lipinski definition) is 1. The van der Waals surface area contributed by atoms with E-state index in [1.165, 1.54) is 12.1 Å². The van der Waals surface area contributed by atoms with E-state index in [1.807, 2.05) is 6.92 Å². The van der Waals surface area contributed by atoms with Crippen molar-refractivity contribution < 1.29 is 12.8 Å². The molecule has 8 heteroatoms. The molecule has 0 atom stereocenters. The predicted octanol–water partition coefficient (Wildman–Crippen LogP) is 1.70. The highest BCUT2D eigenvalue weighted by Crippen LogP contribution is 2.32. The molecule has 1 aliphatic rings. The summed E-state index contributed by atoms with van der Waals surface area (Å²) >= 11 is 0. The van der Waals surface area contributed by atoms with Gasteiger partial charge in [0.25, 0.3) is 10.0 Å². The molecule has 0 radical (unpaired) electrons. The van der Waals surface area contributed by atoms with E-state index < -0.39 is 15.8 Å². The second kappa shape index (κ2) is 5.47. The maximum atomic E-state index is 13.4. The fourth-order valence-electron chi connectivity index (χ4n) is 2.20. The quantitative estimate of drug-likeness (QED) is 0.932. The van der Waals surface area contributed by atoms with Crippen LogP contribution in [0.25, 0.3) is 0 Å². The summed E-state index contributed by atoms with van der Waals surface area (Å²) < 4.78 is 41.9. The molecule has 114 valence electrons. The molecule has 1 aliphatic heterocycles. The fourth-order valence-corrected chi connectivity index (χ4v) is 3.40. The first-order valence-corrected chi connectivity index (χ1v) is 8.05. The average Bonchev–Trinajstić information content (AvgIpc) is 2.51. The molecule has 3 rings (SSSR count). The van der Waals surface area contributed by atoms with Crippen LogP contribution in [0, 0.1) is 5.82 Å². The normalized spacial score (nSPS) is 16.1. The van der Waals surface area contributed by atoms with Crippen LogP contribution < -0.4 is 10.4 Å². The maximum absolute atomic E-state index is 13.4. The molecule has 6 nitrogen and oxygen atoms in total. The Morgan fingerprint density at radius 3 is 2.64 bits per heavy atom. The second-order valence-electron chi connectivity index (χ2n) is 4.58. The Hall–Kier alpha value is -2.32. The van der Waals surface area contributed by atoms with Crippen molar-refractivity contribution in [2.45, 2.75) is 11.8 Å². The standard InChI is InChI=1S/C14H13FN4O2S/c1-2-17-19-12-4-3-11(15)9-13(12)22(20,21)18-14(19)10-5-7-16-8-6-10/h3-9,17H,2H2,1H3. The molecule has 1 aromatic carbocycles. The summed E-state index contributed by atoms with van der Waals surface area (Å²) in [7, 11) is -3.97. The van der Waals surface area contributed by atoms with E-state index in [-0.39, 0.29) is 10.7 Å². The monoisotopic (exact) mass is 320 g/mol. The SMILES string of the molecule is CCNN1C(c2ccncc2)=NS(=O)(=O)c2cc(F)ccc21. The molecule has 0 unspecified atom stereocenters. The van der Waals surface area contributed by atoms with Gasteiger partial charge in [0.05, 0.1) is 5.69 Å². The summed E-state index contributed by atoms with van der Waals surface area (Å²) in [6, 6.07) is 6.93. The molecule has 1 aromatic heterocycles. The first-order chi connectivity index (χ1) is 10.5. The van der Waals surface area contributed by atoms with E-state index in [0.29, 0.717) is 17.8 Å². The Bertz CT molecular complexity index is 837. The van der Waals surface area contributed by atoms with Crippen molar-refractivity contribution in [2.24, 2.45) is 4.40 Å². The van der Waals surface area contributed by atoms with E-state index in [4.69, 9.17) is 0 Å². The molecule has 0 saturated heterocycles. The predicted molar refractivity (Wildman–Crippen MR) is 80.5 cm³/mol. The number of hydrazine groups is 1. The minimum atomic E-state index is -3.97. The van der Waals surface area contributed by atoms with Gasteiger partial charge in [-0.25, -0.2) is 9.82 Å². The van der Waals surface area contributed by atoms with E-state index in [9.17, 15) is 12.8 Å². The number of nitrogens with zero attached hydrogens (tertiary/aromatic N) is 3. The lowest BCUT2D eigenvalue weighted by atomic mass is 10.2. The van der Waals surface area contributed by atoms with Crippen molar-refractivity contribution in [1.82, 2.24) is 10.4 Å². The fraction of sp³-hybridized carbons (Fsp3) is 0.143. The van der Waals surface area contributed by atoms with Gasteiger partial charge in [-0.05, 0) is 30.3 Å². The molecule has 0 bridgehead atoms. The molecular formula is C14H13FN4O2S. The van der Waals surface area contributed by atoms with Crippen molar-refractivity contribution in [1.29, 1.82) is 0 Å². The van der Waals surface area contributed by atoms with Crippen LogP contribution in [-0.4, -0.2) is 25.8 Å². The third-order valence-corrected chi connectivity index (χ3v) is 4.41. The van der Waals surface area contributed by atoms with E-state index in [1.54, 1.807) is 29.5 Å². The van der Waals surface area contributed by atoms with Gasteiger partial charge in [0.15, 0.2) is 5.84 Å². The Labute approximate surface area is 127 Å². The van der Waals surface area contributed by atoms with Crippen LogP contribution in [0.15, 0.2) is 52.0 Å². The largest absolute Gasteiger partial charge is 0.286 e. The molecule has 0 amide bonds. The zero-order valence-electron chi connectivity index (χ0n) is 11.7. The number of benzene rings is 1. The minimum Gasteiger partial charge on any atom is -0.265 e. The summed E-state index contributed by atoms with van der Waals surface area (Å²) in [5.74, 6) is -0.398. The van der Waals surface area contributed by atoms with Crippen LogP contribution in [-0.2, 0) is 10.0 Å². The lowest BCUT2D eigenvalue weighted by Crippen LogP contribution is -2.46. The molecule has 2 heterocycles. The third kappa shape index (κ3) is 2.46. The number of fused-ring (bicyclic) bond motifs is 1. The highest BCUT2D eigenvalue weighted by atomic mass is 32.2. The van der Waals surface area contributed by atoms with Crippen LogP contribution in [0.4, 0.5) is 10.1 Å². The second-order valence-corrected chi connectivity index (χ2v) is 6.16. The number of rotatable bonds is 3. The number of aromatic nitrogens is 1. The van der Waals surface area contributed by atoms with Gasteiger partial charge >= 0.3 is 0 Å². The van der Waals surface area contributed by atoms with Crippen LogP contribution in [0.1, 0.15) is 12.5 Å². The molecule has 0 saturated carbocycles. The molecule has 22 heavy (non-hydrogen) atoms. The Morgan fingerprint density at radius 1 is 1.23 bits per heavy atom. The van der Waals surface area contributed by atoms with E-state index >= 15 is 0 Å². The van der Waals surface area contributed by atoms with Gasteiger partial charge in [-0.1, -0.05) is 6.92 Å². The first kappa shape index (κ1) is 14.6. The smallest absolute Gasteiger partial charge is 0.265 e. The van der Waals surface area contributed by atoms with Gasteiger partial charge in [0.1, 0.15) is 10.7 Å². The topological polar surface area (TPSA) is 74.7 Å². The van der Waals surface area contributed by atoms with Gasteiger partial charge in [-0.2, -0.15) is 8.42 Å². The Morgan fingerprint density at radius 2 is 1.95 bits per heavy atom. The Kier molecular flexibility index (Phi) is 3.63. The average molecular weight is 320 g/mol. The van der Waals surface area contributed by atoms with Crippen molar-refractivity contribution >= 4 is 21.5 Å². The number of sulfonamides is 1. The number of hydrogen-bond acceptors (Lipinski definition) is 5. The van der Waals surface area contributed by atoms with Crippen LogP contribution >= 0.6 is 0 Å². The third-order valence-electron chi connectivity index (χ3n) is 3.11. The summed E-state index contributed by atoms with van der Waals surface area (Å²) in [5, 5.41) is 1.55. The molecule has 0 fully saturated rings. The van der Waals surface area contributed by atoms with Crippen molar-refractivity contribution in [3.63, 3.8) is 0 Å². The minimum absolute atomic E-state index is 0.161. The molecule has 1 N–H and O–H groups in total. The van der Waals surface area contributed by atoms with Gasteiger partial charge < -0.3 is 0 Å². The summed E-state index contributed by atoms with van der Waals surface area (Å²) in [6.45, 7) is 2.41. The Balaban J connectivity index is 2.24. The number of halogens is 1. The highest BCUT2D eigenvalue weighted by Gasteiger charge is 2.31. The van der Waals surface area contributed by atoms with Crippen molar-refractivity contribution in [3.05, 3.63) is 54.1 Å². The van der Waals surface area contributed by atoms with Gasteiger partial charge in [-0.15, -0.1) is 4.40 Å². The van der Waals surface area contributed by atoms with Gasteiger partial charge in [-0.3, -0.25) is 9.99 Å². The lowest BCUT2D eigenvalue weighted by molar-refractivity contribution is 0.589. The molecule has 0 spiro atoms. The van der Waals surface area contributed by atoms with Crippen molar-refractivity contribution in [2.75, 3.05) is 11.6 Å².